The van der Waals surface area contributed by atoms with E-state index in [0.717, 1.165) is 25.9 Å². The summed E-state index contributed by atoms with van der Waals surface area (Å²) in [5.74, 6) is 0.421. The minimum atomic E-state index is -0.256. The highest BCUT2D eigenvalue weighted by Crippen LogP contribution is 2.16. The van der Waals surface area contributed by atoms with Gasteiger partial charge in [-0.15, -0.1) is 0 Å². The Bertz CT molecular complexity index is 738. The van der Waals surface area contributed by atoms with Crippen LogP contribution >= 0.6 is 0 Å². The lowest BCUT2D eigenvalue weighted by Gasteiger charge is -2.20. The number of para-hydroxylation sites is 1. The first-order valence-electron chi connectivity index (χ1n) is 9.09. The van der Waals surface area contributed by atoms with Crippen LogP contribution in [0.3, 0.4) is 0 Å². The monoisotopic (exact) mass is 352 g/mol. The molecule has 1 heterocycles. The molecule has 26 heavy (non-hydrogen) atoms. The molecule has 0 aliphatic carbocycles. The minimum Gasteiger partial charge on any atom is -0.484 e. The van der Waals surface area contributed by atoms with Gasteiger partial charge in [0, 0.05) is 24.3 Å². The Morgan fingerprint density at radius 3 is 2.38 bits per heavy atom. The molecule has 5 nitrogen and oxygen atoms in total. The normalized spacial score (nSPS) is 14.4. The van der Waals surface area contributed by atoms with E-state index in [-0.39, 0.29) is 18.4 Å². The second kappa shape index (κ2) is 9.04. The van der Waals surface area contributed by atoms with Crippen molar-refractivity contribution < 1.29 is 14.3 Å². The number of anilines is 1. The van der Waals surface area contributed by atoms with Crippen LogP contribution in [0.1, 0.15) is 36.0 Å². The van der Waals surface area contributed by atoms with Crippen LogP contribution in [0.15, 0.2) is 54.6 Å². The molecule has 1 N–H and O–H groups in total. The Morgan fingerprint density at radius 1 is 0.923 bits per heavy atom. The number of ether oxygens (including phenoxy) is 1. The van der Waals surface area contributed by atoms with Gasteiger partial charge in [0.15, 0.2) is 6.61 Å². The fourth-order valence-corrected chi connectivity index (χ4v) is 3.05. The number of benzene rings is 2. The molecule has 0 aromatic heterocycles. The molecule has 2 aromatic carbocycles. The van der Waals surface area contributed by atoms with E-state index in [0.29, 0.717) is 17.0 Å². The molecular formula is C21H24N2O3. The van der Waals surface area contributed by atoms with Gasteiger partial charge in [-0.25, -0.2) is 0 Å². The molecule has 1 fully saturated rings. The van der Waals surface area contributed by atoms with E-state index < -0.39 is 0 Å². The lowest BCUT2D eigenvalue weighted by molar-refractivity contribution is -0.118. The molecule has 136 valence electrons. The third kappa shape index (κ3) is 5.09. The topological polar surface area (TPSA) is 58.6 Å². The molecule has 1 saturated heterocycles. The van der Waals surface area contributed by atoms with Gasteiger partial charge in [-0.3, -0.25) is 9.59 Å². The molecule has 5 heteroatoms. The number of rotatable bonds is 5. The smallest absolute Gasteiger partial charge is 0.262 e. The lowest BCUT2D eigenvalue weighted by atomic mass is 10.1. The Balaban J connectivity index is 1.58. The molecule has 1 aliphatic heterocycles. The average Bonchev–Trinajstić information content (AvgIpc) is 2.96. The third-order valence-corrected chi connectivity index (χ3v) is 4.40. The molecular weight excluding hydrogens is 328 g/mol. The Labute approximate surface area is 154 Å². The summed E-state index contributed by atoms with van der Waals surface area (Å²) in [5.41, 5.74) is 1.21. The molecule has 3 rings (SSSR count). The first kappa shape index (κ1) is 18.0. The van der Waals surface area contributed by atoms with E-state index in [9.17, 15) is 9.59 Å². The second-order valence-corrected chi connectivity index (χ2v) is 6.44. The third-order valence-electron chi connectivity index (χ3n) is 4.40. The van der Waals surface area contributed by atoms with Crippen LogP contribution in [-0.2, 0) is 4.79 Å². The van der Waals surface area contributed by atoms with Gasteiger partial charge in [-0.05, 0) is 43.2 Å². The van der Waals surface area contributed by atoms with Crippen LogP contribution in [0.5, 0.6) is 5.75 Å². The number of hydrogen-bond acceptors (Lipinski definition) is 3. The number of nitrogens with zero attached hydrogens (tertiary/aromatic N) is 1. The molecule has 0 bridgehead atoms. The highest BCUT2D eigenvalue weighted by Gasteiger charge is 2.17. The predicted octanol–water partition coefficient (Wildman–Crippen LogP) is 3.72. The maximum atomic E-state index is 12.7. The van der Waals surface area contributed by atoms with Gasteiger partial charge in [0.1, 0.15) is 5.75 Å². The van der Waals surface area contributed by atoms with Crippen molar-refractivity contribution in [2.45, 2.75) is 25.7 Å². The van der Waals surface area contributed by atoms with Crippen LogP contribution in [-0.4, -0.2) is 36.4 Å². The van der Waals surface area contributed by atoms with Crippen molar-refractivity contribution >= 4 is 17.5 Å². The number of hydrogen-bond donors (Lipinski definition) is 1. The highest BCUT2D eigenvalue weighted by molar-refractivity contribution is 5.97. The molecule has 0 radical (unpaired) electrons. The fourth-order valence-electron chi connectivity index (χ4n) is 3.05. The van der Waals surface area contributed by atoms with E-state index in [2.05, 4.69) is 5.32 Å². The maximum absolute atomic E-state index is 12.7. The minimum absolute atomic E-state index is 0.0311. The first-order valence-corrected chi connectivity index (χ1v) is 9.09. The quantitative estimate of drug-likeness (QED) is 0.892. The van der Waals surface area contributed by atoms with Crippen LogP contribution in [0.2, 0.25) is 0 Å². The van der Waals surface area contributed by atoms with Gasteiger partial charge in [-0.2, -0.15) is 0 Å². The predicted molar refractivity (Wildman–Crippen MR) is 101 cm³/mol. The molecule has 0 unspecified atom stereocenters. The van der Waals surface area contributed by atoms with E-state index in [1.54, 1.807) is 36.4 Å². The Kier molecular flexibility index (Phi) is 6.25. The van der Waals surface area contributed by atoms with Crippen molar-refractivity contribution in [3.8, 4) is 5.75 Å². The maximum Gasteiger partial charge on any atom is 0.262 e. The second-order valence-electron chi connectivity index (χ2n) is 6.44. The molecule has 0 spiro atoms. The van der Waals surface area contributed by atoms with Crippen LogP contribution in [0, 0.1) is 0 Å². The van der Waals surface area contributed by atoms with Crippen molar-refractivity contribution in [3.05, 3.63) is 60.2 Å². The van der Waals surface area contributed by atoms with Crippen molar-refractivity contribution in [3.63, 3.8) is 0 Å². The van der Waals surface area contributed by atoms with Gasteiger partial charge in [0.2, 0.25) is 0 Å². The molecule has 0 saturated carbocycles. The first-order chi connectivity index (χ1) is 12.7. The summed E-state index contributed by atoms with van der Waals surface area (Å²) in [7, 11) is 0. The number of carbonyl (C=O) groups excluding carboxylic acids is 2. The van der Waals surface area contributed by atoms with Crippen LogP contribution in [0.25, 0.3) is 0 Å². The lowest BCUT2D eigenvalue weighted by Crippen LogP contribution is -2.31. The number of likely N-dealkylation sites (tertiary alicyclic amines) is 1. The average molecular weight is 352 g/mol. The zero-order valence-electron chi connectivity index (χ0n) is 14.8. The van der Waals surface area contributed by atoms with Gasteiger partial charge in [0.25, 0.3) is 11.8 Å². The summed E-state index contributed by atoms with van der Waals surface area (Å²) in [6.45, 7) is 1.54. The summed E-state index contributed by atoms with van der Waals surface area (Å²) in [6.07, 6.45) is 4.47. The number of nitrogens with one attached hydrogen (secondary N) is 1. The highest BCUT2D eigenvalue weighted by atomic mass is 16.5. The van der Waals surface area contributed by atoms with E-state index in [4.69, 9.17) is 4.74 Å². The Morgan fingerprint density at radius 2 is 1.65 bits per heavy atom. The zero-order chi connectivity index (χ0) is 18.2. The summed E-state index contributed by atoms with van der Waals surface area (Å²) in [5, 5.41) is 2.79. The van der Waals surface area contributed by atoms with E-state index in [1.165, 1.54) is 12.8 Å². The summed E-state index contributed by atoms with van der Waals surface area (Å²) >= 11 is 0. The summed E-state index contributed by atoms with van der Waals surface area (Å²) < 4.78 is 5.44. The van der Waals surface area contributed by atoms with Crippen molar-refractivity contribution in [1.82, 2.24) is 4.90 Å². The SMILES string of the molecule is O=C(COc1ccccc1)Nc1cccc(C(=O)N2CCCCCC2)c1. The molecule has 0 atom stereocenters. The van der Waals surface area contributed by atoms with E-state index in [1.807, 2.05) is 23.1 Å². The van der Waals surface area contributed by atoms with Crippen LogP contribution in [0.4, 0.5) is 5.69 Å². The molecule has 1 aliphatic rings. The van der Waals surface area contributed by atoms with Crippen LogP contribution < -0.4 is 10.1 Å². The van der Waals surface area contributed by atoms with Gasteiger partial charge < -0.3 is 15.0 Å². The van der Waals surface area contributed by atoms with Crippen molar-refractivity contribution in [2.24, 2.45) is 0 Å². The summed E-state index contributed by atoms with van der Waals surface area (Å²) in [6, 6.07) is 16.3. The standard InChI is InChI=1S/C21H24N2O3/c24-20(16-26-19-11-4-3-5-12-19)22-18-10-8-9-17(15-18)21(25)23-13-6-1-2-7-14-23/h3-5,8-12,15H,1-2,6-7,13-14,16H2,(H,22,24). The van der Waals surface area contributed by atoms with Gasteiger partial charge >= 0.3 is 0 Å². The number of amides is 2. The molecule has 2 aromatic rings. The van der Waals surface area contributed by atoms with Gasteiger partial charge in [-0.1, -0.05) is 37.1 Å². The Hall–Kier alpha value is -2.82. The molecule has 2 amide bonds. The summed E-state index contributed by atoms with van der Waals surface area (Å²) in [4.78, 5) is 26.7. The zero-order valence-corrected chi connectivity index (χ0v) is 14.8. The van der Waals surface area contributed by atoms with Gasteiger partial charge in [0.05, 0.1) is 0 Å². The van der Waals surface area contributed by atoms with E-state index >= 15 is 0 Å². The van der Waals surface area contributed by atoms with Crippen molar-refractivity contribution in [1.29, 1.82) is 0 Å². The fraction of sp³-hybridized carbons (Fsp3) is 0.333. The largest absolute Gasteiger partial charge is 0.484 e. The number of carbonyl (C=O) groups is 2. The van der Waals surface area contributed by atoms with Crippen molar-refractivity contribution in [2.75, 3.05) is 25.0 Å².